The Labute approximate surface area is 114 Å². The zero-order chi connectivity index (χ0) is 10.1. The van der Waals surface area contributed by atoms with Gasteiger partial charge in [0.25, 0.3) is 0 Å². The zero-order valence-electron chi connectivity index (χ0n) is 9.51. The summed E-state index contributed by atoms with van der Waals surface area (Å²) in [5, 5.41) is 3.26. The third kappa shape index (κ3) is 7.55. The molecule has 0 unspecified atom stereocenters. The van der Waals surface area contributed by atoms with E-state index in [0.717, 1.165) is 18.7 Å². The summed E-state index contributed by atoms with van der Waals surface area (Å²) in [4.78, 5) is 0. The fourth-order valence-electron chi connectivity index (χ4n) is 0.926. The Morgan fingerprint density at radius 1 is 1.14 bits per heavy atom. The summed E-state index contributed by atoms with van der Waals surface area (Å²) in [7, 11) is 0. The molecule has 0 heterocycles. The van der Waals surface area contributed by atoms with Crippen LogP contribution in [0.3, 0.4) is 0 Å². The molecule has 1 rings (SSSR count). The van der Waals surface area contributed by atoms with Gasteiger partial charge in [0.1, 0.15) is 0 Å². The van der Waals surface area contributed by atoms with E-state index in [1.54, 1.807) is 0 Å². The average molecular weight is 267 g/mol. The summed E-state index contributed by atoms with van der Waals surface area (Å²) in [6.45, 7) is 11.9. The number of rotatable bonds is 3. The minimum Gasteiger partial charge on any atom is -0.313 e. The van der Waals surface area contributed by atoms with Gasteiger partial charge in [-0.05, 0) is 6.54 Å². The van der Waals surface area contributed by atoms with Crippen molar-refractivity contribution in [2.24, 2.45) is 0 Å². The summed E-state index contributed by atoms with van der Waals surface area (Å²) in [6, 6.07) is 8.27. The topological polar surface area (TPSA) is 12.0 Å². The minimum atomic E-state index is 0. The molecule has 0 saturated heterocycles. The Morgan fingerprint density at radius 2 is 1.64 bits per heavy atom. The minimum absolute atomic E-state index is 0. The Kier molecular flexibility index (Phi) is 13.3. The first kappa shape index (κ1) is 16.6. The predicted octanol–water partition coefficient (Wildman–Crippen LogP) is 3.00. The molecule has 0 bridgehead atoms. The van der Waals surface area contributed by atoms with Gasteiger partial charge in [0.15, 0.2) is 0 Å². The van der Waals surface area contributed by atoms with Gasteiger partial charge in [0.2, 0.25) is 0 Å². The fraction of sp³-hybridized carbons (Fsp3) is 0.417. The molecule has 0 aliphatic rings. The molecule has 0 aliphatic heterocycles. The SMILES string of the molecule is CC.[CH2-]c1ccc(CNCC)cc1.[Y]. The van der Waals surface area contributed by atoms with Gasteiger partial charge >= 0.3 is 0 Å². The maximum Gasteiger partial charge on any atom is 0.0184 e. The molecule has 0 saturated carbocycles. The van der Waals surface area contributed by atoms with Crippen LogP contribution < -0.4 is 5.32 Å². The Balaban J connectivity index is 0. The van der Waals surface area contributed by atoms with E-state index >= 15 is 0 Å². The molecule has 2 heteroatoms. The summed E-state index contributed by atoms with van der Waals surface area (Å²) in [5.74, 6) is 0. The van der Waals surface area contributed by atoms with Crippen LogP contribution in [0.4, 0.5) is 0 Å². The van der Waals surface area contributed by atoms with Crippen molar-refractivity contribution < 1.29 is 32.7 Å². The van der Waals surface area contributed by atoms with Gasteiger partial charge in [-0.15, -0.1) is 12.1 Å². The van der Waals surface area contributed by atoms with Crippen LogP contribution in [0.1, 0.15) is 31.9 Å². The molecule has 77 valence electrons. The van der Waals surface area contributed by atoms with E-state index in [2.05, 4.69) is 31.3 Å². The van der Waals surface area contributed by atoms with E-state index in [-0.39, 0.29) is 32.7 Å². The molecule has 0 atom stereocenters. The normalized spacial score (nSPS) is 8.21. The maximum atomic E-state index is 3.82. The molecule has 0 amide bonds. The molecule has 0 aliphatic carbocycles. The number of benzene rings is 1. The zero-order valence-corrected chi connectivity index (χ0v) is 12.3. The third-order valence-corrected chi connectivity index (χ3v) is 1.60. The second-order valence-corrected chi connectivity index (χ2v) is 2.60. The van der Waals surface area contributed by atoms with Gasteiger partial charge in [-0.2, -0.15) is 24.6 Å². The van der Waals surface area contributed by atoms with E-state index in [1.807, 2.05) is 26.0 Å². The molecular weight excluding hydrogens is 247 g/mol. The molecule has 1 radical (unpaired) electrons. The monoisotopic (exact) mass is 267 g/mol. The first-order chi connectivity index (χ1) is 6.33. The maximum absolute atomic E-state index is 3.82. The summed E-state index contributed by atoms with van der Waals surface area (Å²) in [6.07, 6.45) is 0. The molecule has 14 heavy (non-hydrogen) atoms. The van der Waals surface area contributed by atoms with Crippen LogP contribution >= 0.6 is 0 Å². The average Bonchev–Trinajstić information content (AvgIpc) is 2.20. The Morgan fingerprint density at radius 3 is 2.07 bits per heavy atom. The number of nitrogens with one attached hydrogen (secondary N) is 1. The van der Waals surface area contributed by atoms with Gasteiger partial charge in [-0.1, -0.05) is 26.3 Å². The molecule has 1 N–H and O–H groups in total. The van der Waals surface area contributed by atoms with Crippen molar-refractivity contribution in [3.8, 4) is 0 Å². The molecular formula is C12H20NY-. The van der Waals surface area contributed by atoms with Crippen molar-refractivity contribution in [2.75, 3.05) is 6.54 Å². The van der Waals surface area contributed by atoms with Crippen LogP contribution in [-0.4, -0.2) is 6.54 Å². The van der Waals surface area contributed by atoms with E-state index < -0.39 is 0 Å². The van der Waals surface area contributed by atoms with Crippen molar-refractivity contribution in [3.63, 3.8) is 0 Å². The third-order valence-electron chi connectivity index (χ3n) is 1.60. The quantitative estimate of drug-likeness (QED) is 0.830. The van der Waals surface area contributed by atoms with E-state index in [9.17, 15) is 0 Å². The Bertz CT molecular complexity index is 206. The van der Waals surface area contributed by atoms with Gasteiger partial charge < -0.3 is 5.32 Å². The molecule has 1 aromatic carbocycles. The smallest absolute Gasteiger partial charge is 0.0184 e. The molecule has 1 nitrogen and oxygen atoms in total. The second-order valence-electron chi connectivity index (χ2n) is 2.60. The van der Waals surface area contributed by atoms with E-state index in [1.165, 1.54) is 5.56 Å². The van der Waals surface area contributed by atoms with Gasteiger partial charge in [-0.3, -0.25) is 0 Å². The molecule has 0 aromatic heterocycles. The first-order valence-corrected chi connectivity index (χ1v) is 4.94. The fourth-order valence-corrected chi connectivity index (χ4v) is 0.926. The van der Waals surface area contributed by atoms with Gasteiger partial charge in [0.05, 0.1) is 0 Å². The largest absolute Gasteiger partial charge is 0.313 e. The molecule has 0 spiro atoms. The predicted molar refractivity (Wildman–Crippen MR) is 59.6 cm³/mol. The van der Waals surface area contributed by atoms with Gasteiger partial charge in [0, 0.05) is 39.3 Å². The van der Waals surface area contributed by atoms with Crippen molar-refractivity contribution >= 4 is 0 Å². The second kappa shape index (κ2) is 11.2. The van der Waals surface area contributed by atoms with Crippen LogP contribution in [0.25, 0.3) is 0 Å². The van der Waals surface area contributed by atoms with E-state index in [4.69, 9.17) is 0 Å². The van der Waals surface area contributed by atoms with Crippen LogP contribution in [0.5, 0.6) is 0 Å². The number of hydrogen-bond donors (Lipinski definition) is 1. The van der Waals surface area contributed by atoms with Crippen molar-refractivity contribution in [3.05, 3.63) is 42.3 Å². The van der Waals surface area contributed by atoms with E-state index in [0.29, 0.717) is 0 Å². The Hall–Kier alpha value is 0.154. The van der Waals surface area contributed by atoms with Crippen LogP contribution in [0.15, 0.2) is 24.3 Å². The number of hydrogen-bond acceptors (Lipinski definition) is 1. The summed E-state index contributed by atoms with van der Waals surface area (Å²) < 4.78 is 0. The summed E-state index contributed by atoms with van der Waals surface area (Å²) >= 11 is 0. The first-order valence-electron chi connectivity index (χ1n) is 4.94. The van der Waals surface area contributed by atoms with Crippen molar-refractivity contribution in [2.45, 2.75) is 27.3 Å². The van der Waals surface area contributed by atoms with Crippen LogP contribution in [0, 0.1) is 6.92 Å². The van der Waals surface area contributed by atoms with Crippen molar-refractivity contribution in [1.29, 1.82) is 0 Å². The van der Waals surface area contributed by atoms with Crippen molar-refractivity contribution in [1.82, 2.24) is 5.32 Å². The van der Waals surface area contributed by atoms with Crippen LogP contribution in [0.2, 0.25) is 0 Å². The summed E-state index contributed by atoms with van der Waals surface area (Å²) in [5.41, 5.74) is 2.39. The van der Waals surface area contributed by atoms with Crippen LogP contribution in [-0.2, 0) is 39.3 Å². The molecule has 0 fully saturated rings. The standard InChI is InChI=1S/C10H14N.C2H6.Y/c1-3-11-8-10-6-4-9(2)5-7-10;1-2;/h4-7,11H,2-3,8H2,1H3;1-2H3;/q-1;;. The molecule has 1 aromatic rings. The van der Waals surface area contributed by atoms with Gasteiger partial charge in [-0.25, -0.2) is 0 Å².